The molecule has 8 aromatic carbocycles. The molecule has 0 unspecified atom stereocenters. The monoisotopic (exact) mass is 718 g/mol. The van der Waals surface area contributed by atoms with Crippen molar-refractivity contribution < 1.29 is 4.74 Å². The predicted molar refractivity (Wildman–Crippen MR) is 226 cm³/mol. The zero-order chi connectivity index (χ0) is 36.1. The van der Waals surface area contributed by atoms with Gasteiger partial charge in [-0.1, -0.05) is 164 Å². The number of hydrogen-bond acceptors (Lipinski definition) is 4. The Kier molecular flexibility index (Phi) is 6.42. The second-order valence-corrected chi connectivity index (χ2v) is 15.4. The van der Waals surface area contributed by atoms with E-state index in [0.717, 1.165) is 60.9 Å². The summed E-state index contributed by atoms with van der Waals surface area (Å²) in [6.07, 6.45) is 0. The molecule has 3 heterocycles. The number of aromatic nitrogens is 2. The molecule has 55 heavy (non-hydrogen) atoms. The summed E-state index contributed by atoms with van der Waals surface area (Å²) in [5, 5.41) is 3.59. The van der Waals surface area contributed by atoms with Crippen molar-refractivity contribution in [2.75, 3.05) is 0 Å². The van der Waals surface area contributed by atoms with Gasteiger partial charge < -0.3 is 4.74 Å². The van der Waals surface area contributed by atoms with Gasteiger partial charge >= 0.3 is 0 Å². The van der Waals surface area contributed by atoms with E-state index in [0.29, 0.717) is 0 Å². The molecule has 2 aromatic heterocycles. The minimum atomic E-state index is -0.599. The zero-order valence-corrected chi connectivity index (χ0v) is 30.3. The Labute approximate surface area is 321 Å². The Morgan fingerprint density at radius 1 is 0.436 bits per heavy atom. The van der Waals surface area contributed by atoms with E-state index in [1.165, 1.54) is 48.9 Å². The minimum Gasteiger partial charge on any atom is -0.457 e. The van der Waals surface area contributed by atoms with Crippen molar-refractivity contribution in [2.45, 2.75) is 5.41 Å². The van der Waals surface area contributed by atoms with Crippen molar-refractivity contribution in [2.24, 2.45) is 0 Å². The maximum Gasteiger partial charge on any atom is 0.160 e. The highest BCUT2D eigenvalue weighted by atomic mass is 32.1. The molecule has 0 N–H and O–H groups in total. The summed E-state index contributed by atoms with van der Waals surface area (Å²) >= 11 is 1.78. The van der Waals surface area contributed by atoms with Gasteiger partial charge in [0.2, 0.25) is 0 Å². The van der Waals surface area contributed by atoms with Gasteiger partial charge in [0, 0.05) is 32.3 Å². The molecular weight excluding hydrogens is 689 g/mol. The maximum absolute atomic E-state index is 6.67. The molecule has 10 aromatic rings. The van der Waals surface area contributed by atoms with Crippen LogP contribution in [0.15, 0.2) is 182 Å². The highest BCUT2D eigenvalue weighted by Gasteiger charge is 2.52. The van der Waals surface area contributed by atoms with Gasteiger partial charge in [0.1, 0.15) is 11.5 Å². The van der Waals surface area contributed by atoms with E-state index in [9.17, 15) is 0 Å². The number of benzene rings is 8. The summed E-state index contributed by atoms with van der Waals surface area (Å²) in [4.78, 5) is 10.9. The van der Waals surface area contributed by atoms with Crippen LogP contribution >= 0.6 is 11.3 Å². The van der Waals surface area contributed by atoms with Crippen molar-refractivity contribution in [1.29, 1.82) is 0 Å². The summed E-state index contributed by atoms with van der Waals surface area (Å²) in [5.41, 5.74) is 13.0. The third-order valence-corrected chi connectivity index (χ3v) is 12.7. The second-order valence-electron chi connectivity index (χ2n) is 14.4. The quantitative estimate of drug-likeness (QED) is 0.182. The largest absolute Gasteiger partial charge is 0.457 e. The lowest BCUT2D eigenvalue weighted by Crippen LogP contribution is -2.32. The van der Waals surface area contributed by atoms with Crippen molar-refractivity contribution in [1.82, 2.24) is 9.97 Å². The molecule has 12 rings (SSSR count). The van der Waals surface area contributed by atoms with Gasteiger partial charge in [0.15, 0.2) is 5.82 Å². The first-order valence-electron chi connectivity index (χ1n) is 18.7. The van der Waals surface area contributed by atoms with E-state index in [1.54, 1.807) is 11.3 Å². The van der Waals surface area contributed by atoms with Crippen LogP contribution in [0, 0.1) is 0 Å². The Hall–Kier alpha value is -6.88. The minimum absolute atomic E-state index is 0.599. The number of fused-ring (bicyclic) bond motifs is 14. The van der Waals surface area contributed by atoms with Crippen LogP contribution in [0.2, 0.25) is 0 Å². The van der Waals surface area contributed by atoms with Crippen LogP contribution in [0.25, 0.3) is 76.0 Å². The van der Waals surface area contributed by atoms with Crippen LogP contribution in [0.4, 0.5) is 0 Å². The number of hydrogen-bond donors (Lipinski definition) is 0. The third-order valence-electron chi connectivity index (χ3n) is 11.6. The van der Waals surface area contributed by atoms with Crippen molar-refractivity contribution in [3.63, 3.8) is 0 Å². The Bertz CT molecular complexity index is 3140. The van der Waals surface area contributed by atoms with Crippen LogP contribution in [0.1, 0.15) is 22.3 Å². The highest BCUT2D eigenvalue weighted by molar-refractivity contribution is 7.26. The molecule has 1 aliphatic heterocycles. The van der Waals surface area contributed by atoms with E-state index in [4.69, 9.17) is 14.7 Å². The lowest BCUT2D eigenvalue weighted by Gasteiger charge is -2.39. The first kappa shape index (κ1) is 30.6. The van der Waals surface area contributed by atoms with Crippen LogP contribution in [-0.2, 0) is 5.41 Å². The van der Waals surface area contributed by atoms with Gasteiger partial charge in [0.25, 0.3) is 0 Å². The number of para-hydroxylation sites is 2. The van der Waals surface area contributed by atoms with Gasteiger partial charge in [-0.3, -0.25) is 0 Å². The van der Waals surface area contributed by atoms with Gasteiger partial charge in [-0.05, 0) is 62.4 Å². The fourth-order valence-electron chi connectivity index (χ4n) is 9.25. The van der Waals surface area contributed by atoms with Gasteiger partial charge in [-0.15, -0.1) is 11.3 Å². The molecule has 1 aliphatic carbocycles. The van der Waals surface area contributed by atoms with E-state index in [1.807, 2.05) is 0 Å². The Balaban J connectivity index is 1.19. The SMILES string of the molecule is c1ccc(-c2ccc(-c3nc(-c4cccc5c4-c4c(ccc6ccccc46)C54c5ccccc5Oc5ccccc54)c4sc5ccccc5c4n3)cc2)cc1. The Morgan fingerprint density at radius 3 is 1.85 bits per heavy atom. The zero-order valence-electron chi connectivity index (χ0n) is 29.5. The fourth-order valence-corrected chi connectivity index (χ4v) is 10.4. The molecule has 0 bridgehead atoms. The van der Waals surface area contributed by atoms with Crippen molar-refractivity contribution >= 4 is 42.4 Å². The molecule has 256 valence electrons. The average molecular weight is 719 g/mol. The fraction of sp³-hybridized carbons (Fsp3) is 0.0196. The molecular formula is C51H30N2OS. The van der Waals surface area contributed by atoms with Crippen molar-refractivity contribution in [3.05, 3.63) is 204 Å². The second kappa shape index (κ2) is 11.6. The summed E-state index contributed by atoms with van der Waals surface area (Å²) in [6.45, 7) is 0. The number of rotatable bonds is 3. The van der Waals surface area contributed by atoms with Gasteiger partial charge in [-0.25, -0.2) is 9.97 Å². The topological polar surface area (TPSA) is 35.0 Å². The third kappa shape index (κ3) is 4.26. The number of nitrogens with zero attached hydrogens (tertiary/aromatic N) is 2. The lowest BCUT2D eigenvalue weighted by atomic mass is 9.66. The normalized spacial score (nSPS) is 13.4. The summed E-state index contributed by atoms with van der Waals surface area (Å²) in [6, 6.07) is 65.2. The van der Waals surface area contributed by atoms with Gasteiger partial charge in [-0.2, -0.15) is 0 Å². The van der Waals surface area contributed by atoms with E-state index in [-0.39, 0.29) is 0 Å². The Morgan fingerprint density at radius 2 is 1.05 bits per heavy atom. The standard InChI is InChI=1S/C51H30N2OS/c1-2-13-31(14-3-1)32-25-27-34(28-26-32)50-52-47-36-17-6-11-24-44(36)55-49(47)48(53-50)37-18-12-21-40-46(37)45-35-16-5-4-15-33(35)29-30-41(45)51(40)38-19-7-9-22-42(38)54-43-23-10-8-20-39(43)51/h1-30H. The molecule has 0 atom stereocenters. The highest BCUT2D eigenvalue weighted by Crippen LogP contribution is 2.64. The molecule has 1 spiro atoms. The van der Waals surface area contributed by atoms with Crippen LogP contribution in [-0.4, -0.2) is 9.97 Å². The molecule has 0 saturated heterocycles. The number of ether oxygens (including phenoxy) is 1. The maximum atomic E-state index is 6.67. The van der Waals surface area contributed by atoms with E-state index >= 15 is 0 Å². The molecule has 2 aliphatic rings. The van der Waals surface area contributed by atoms with Crippen LogP contribution < -0.4 is 4.74 Å². The van der Waals surface area contributed by atoms with Crippen LogP contribution in [0.5, 0.6) is 11.5 Å². The van der Waals surface area contributed by atoms with Crippen molar-refractivity contribution in [3.8, 4) is 56.4 Å². The smallest absolute Gasteiger partial charge is 0.160 e. The summed E-state index contributed by atoms with van der Waals surface area (Å²) in [5.74, 6) is 2.48. The lowest BCUT2D eigenvalue weighted by molar-refractivity contribution is 0.436. The summed E-state index contributed by atoms with van der Waals surface area (Å²) in [7, 11) is 0. The van der Waals surface area contributed by atoms with Gasteiger partial charge in [0.05, 0.1) is 21.3 Å². The molecule has 3 nitrogen and oxygen atoms in total. The number of thiophene rings is 1. The summed E-state index contributed by atoms with van der Waals surface area (Å²) < 4.78 is 8.96. The average Bonchev–Trinajstić information content (AvgIpc) is 3.78. The first-order chi connectivity index (χ1) is 27.3. The molecule has 0 fully saturated rings. The molecule has 0 amide bonds. The molecule has 0 saturated carbocycles. The predicted octanol–water partition coefficient (Wildman–Crippen LogP) is 13.5. The molecule has 4 heteroatoms. The van der Waals surface area contributed by atoms with E-state index in [2.05, 4.69) is 182 Å². The van der Waals surface area contributed by atoms with E-state index < -0.39 is 5.41 Å². The first-order valence-corrected chi connectivity index (χ1v) is 19.5. The molecule has 0 radical (unpaired) electrons. The van der Waals surface area contributed by atoms with Crippen LogP contribution in [0.3, 0.4) is 0 Å².